The molecule has 2 N–H and O–H groups in total. The summed E-state index contributed by atoms with van der Waals surface area (Å²) in [5.41, 5.74) is 3.10. The monoisotopic (exact) mass is 345 g/mol. The Labute approximate surface area is 140 Å². The van der Waals surface area contributed by atoms with E-state index in [-0.39, 0.29) is 30.7 Å². The summed E-state index contributed by atoms with van der Waals surface area (Å²) in [4.78, 5) is 17.3. The molecule has 1 aliphatic rings. The molecule has 21 heavy (non-hydrogen) atoms. The maximum absolute atomic E-state index is 12.1. The molecule has 3 rings (SSSR count). The van der Waals surface area contributed by atoms with E-state index in [9.17, 15) is 4.79 Å². The largest absolute Gasteiger partial charge is 0.384 e. The number of aromatic nitrogens is 1. The van der Waals surface area contributed by atoms with Gasteiger partial charge in [-0.1, -0.05) is 0 Å². The Morgan fingerprint density at radius 3 is 2.95 bits per heavy atom. The van der Waals surface area contributed by atoms with Crippen LogP contribution < -0.4 is 10.6 Å². The van der Waals surface area contributed by atoms with Crippen LogP contribution in [0.25, 0.3) is 0 Å². The van der Waals surface area contributed by atoms with E-state index in [4.69, 9.17) is 0 Å². The molecule has 114 valence electrons. The quantitative estimate of drug-likeness (QED) is 0.897. The minimum atomic E-state index is -0.0271. The molecule has 0 fully saturated rings. The number of nitrogens with zero attached hydrogens (tertiary/aromatic N) is 1. The van der Waals surface area contributed by atoms with Gasteiger partial charge in [0, 0.05) is 28.9 Å². The van der Waals surface area contributed by atoms with E-state index >= 15 is 0 Å². The average Bonchev–Trinajstić information content (AvgIpc) is 3.03. The number of halogens is 2. The van der Waals surface area contributed by atoms with Gasteiger partial charge in [0.25, 0.3) is 5.91 Å². The van der Waals surface area contributed by atoms with Crippen LogP contribution in [0.5, 0.6) is 0 Å². The highest BCUT2D eigenvalue weighted by atomic mass is 35.5. The molecule has 4 nitrogen and oxygen atoms in total. The van der Waals surface area contributed by atoms with Crippen LogP contribution >= 0.6 is 36.2 Å². The van der Waals surface area contributed by atoms with Crippen LogP contribution in [-0.2, 0) is 13.0 Å². The van der Waals surface area contributed by atoms with E-state index in [0.717, 1.165) is 34.1 Å². The molecular formula is C14H17Cl2N3OS. The lowest BCUT2D eigenvalue weighted by molar-refractivity contribution is 0.0951. The predicted octanol–water partition coefficient (Wildman–Crippen LogP) is 3.19. The van der Waals surface area contributed by atoms with Gasteiger partial charge in [0.2, 0.25) is 0 Å². The molecule has 2 aromatic rings. The number of fused-ring (bicyclic) bond motifs is 1. The number of aryl methyl sites for hydroxylation is 1. The highest BCUT2D eigenvalue weighted by Gasteiger charge is 2.13. The van der Waals surface area contributed by atoms with Gasteiger partial charge in [0.05, 0.1) is 11.6 Å². The summed E-state index contributed by atoms with van der Waals surface area (Å²) >= 11 is 1.61. The molecule has 1 aliphatic heterocycles. The summed E-state index contributed by atoms with van der Waals surface area (Å²) in [5, 5.41) is 7.24. The number of hydrogen-bond donors (Lipinski definition) is 2. The van der Waals surface area contributed by atoms with Gasteiger partial charge in [-0.15, -0.1) is 36.2 Å². The number of nitrogens with one attached hydrogen (secondary N) is 2. The molecule has 0 spiro atoms. The van der Waals surface area contributed by atoms with Gasteiger partial charge in [-0.2, -0.15) is 0 Å². The summed E-state index contributed by atoms with van der Waals surface area (Å²) in [5.74, 6) is -0.0271. The maximum Gasteiger partial charge on any atom is 0.251 e. The van der Waals surface area contributed by atoms with E-state index in [1.54, 1.807) is 11.3 Å². The fourth-order valence-corrected chi connectivity index (χ4v) is 2.94. The molecule has 1 aromatic heterocycles. The lowest BCUT2D eigenvalue weighted by Gasteiger charge is -2.05. The first-order valence-corrected chi connectivity index (χ1v) is 7.10. The first kappa shape index (κ1) is 17.8. The number of benzene rings is 1. The SMILES string of the molecule is Cc1ncc(CNC(=O)c2ccc3c(c2)CCN3)s1.Cl.Cl. The van der Waals surface area contributed by atoms with Crippen LogP contribution in [0.2, 0.25) is 0 Å². The van der Waals surface area contributed by atoms with Crippen molar-refractivity contribution in [3.8, 4) is 0 Å². The second-order valence-electron chi connectivity index (χ2n) is 4.58. The van der Waals surface area contributed by atoms with Crippen molar-refractivity contribution in [3.63, 3.8) is 0 Å². The molecule has 1 aromatic carbocycles. The molecule has 2 heterocycles. The molecule has 0 atom stereocenters. The summed E-state index contributed by atoms with van der Waals surface area (Å²) in [7, 11) is 0. The zero-order chi connectivity index (χ0) is 13.2. The highest BCUT2D eigenvalue weighted by molar-refractivity contribution is 7.11. The summed E-state index contributed by atoms with van der Waals surface area (Å²) in [6.45, 7) is 3.46. The summed E-state index contributed by atoms with van der Waals surface area (Å²) in [6.07, 6.45) is 2.80. The minimum Gasteiger partial charge on any atom is -0.384 e. The Balaban J connectivity index is 0.00000110. The van der Waals surface area contributed by atoms with Crippen molar-refractivity contribution in [1.82, 2.24) is 10.3 Å². The van der Waals surface area contributed by atoms with Crippen molar-refractivity contribution >= 4 is 47.7 Å². The van der Waals surface area contributed by atoms with Crippen LogP contribution in [0.1, 0.15) is 25.8 Å². The Morgan fingerprint density at radius 2 is 2.24 bits per heavy atom. The molecule has 0 aliphatic carbocycles. The molecule has 0 bridgehead atoms. The van der Waals surface area contributed by atoms with Crippen molar-refractivity contribution in [3.05, 3.63) is 45.4 Å². The number of thiazole rings is 1. The van der Waals surface area contributed by atoms with Crippen LogP contribution in [-0.4, -0.2) is 17.4 Å². The van der Waals surface area contributed by atoms with E-state index in [2.05, 4.69) is 15.6 Å². The zero-order valence-corrected chi connectivity index (χ0v) is 14.0. The standard InChI is InChI=1S/C14H15N3OS.2ClH/c1-9-16-7-12(19-9)8-17-14(18)11-2-3-13-10(6-11)4-5-15-13;;/h2-3,6-7,15H,4-5,8H2,1H3,(H,17,18);2*1H. The van der Waals surface area contributed by atoms with Gasteiger partial charge in [0.1, 0.15) is 0 Å². The van der Waals surface area contributed by atoms with Crippen molar-refractivity contribution < 1.29 is 4.79 Å². The third-order valence-electron chi connectivity index (χ3n) is 3.17. The van der Waals surface area contributed by atoms with Gasteiger partial charge in [-0.05, 0) is 37.1 Å². The van der Waals surface area contributed by atoms with Gasteiger partial charge >= 0.3 is 0 Å². The number of rotatable bonds is 3. The third kappa shape index (κ3) is 4.09. The predicted molar refractivity (Wildman–Crippen MR) is 91.2 cm³/mol. The number of carbonyl (C=O) groups excluding carboxylic acids is 1. The van der Waals surface area contributed by atoms with E-state index < -0.39 is 0 Å². The molecule has 0 unspecified atom stereocenters. The Bertz CT molecular complexity index is 630. The van der Waals surface area contributed by atoms with Crippen molar-refractivity contribution in [2.75, 3.05) is 11.9 Å². The Kier molecular flexibility index (Phi) is 6.45. The second kappa shape index (κ2) is 7.64. The minimum absolute atomic E-state index is 0. The smallest absolute Gasteiger partial charge is 0.251 e. The van der Waals surface area contributed by atoms with Gasteiger partial charge < -0.3 is 10.6 Å². The zero-order valence-electron chi connectivity index (χ0n) is 11.5. The van der Waals surface area contributed by atoms with E-state index in [1.807, 2.05) is 31.3 Å². The first-order valence-electron chi connectivity index (χ1n) is 6.29. The molecule has 0 radical (unpaired) electrons. The number of carbonyl (C=O) groups is 1. The fourth-order valence-electron chi connectivity index (χ4n) is 2.20. The topological polar surface area (TPSA) is 54.0 Å². The van der Waals surface area contributed by atoms with Gasteiger partial charge in [-0.3, -0.25) is 4.79 Å². The second-order valence-corrected chi connectivity index (χ2v) is 5.90. The van der Waals surface area contributed by atoms with Crippen LogP contribution in [0.3, 0.4) is 0 Å². The van der Waals surface area contributed by atoms with Gasteiger partial charge in [-0.25, -0.2) is 4.98 Å². The van der Waals surface area contributed by atoms with E-state index in [0.29, 0.717) is 6.54 Å². The van der Waals surface area contributed by atoms with Crippen LogP contribution in [0.4, 0.5) is 5.69 Å². The van der Waals surface area contributed by atoms with Crippen LogP contribution in [0, 0.1) is 6.92 Å². The third-order valence-corrected chi connectivity index (χ3v) is 4.08. The lowest BCUT2D eigenvalue weighted by atomic mass is 10.1. The molecule has 0 saturated heterocycles. The Hall–Kier alpha value is -1.30. The first-order chi connectivity index (χ1) is 9.22. The van der Waals surface area contributed by atoms with E-state index in [1.165, 1.54) is 5.56 Å². The van der Waals surface area contributed by atoms with Crippen molar-refractivity contribution in [2.24, 2.45) is 0 Å². The summed E-state index contributed by atoms with van der Waals surface area (Å²) < 4.78 is 0. The number of hydrogen-bond acceptors (Lipinski definition) is 4. The maximum atomic E-state index is 12.1. The average molecular weight is 346 g/mol. The highest BCUT2D eigenvalue weighted by Crippen LogP contribution is 2.23. The summed E-state index contributed by atoms with van der Waals surface area (Å²) in [6, 6.07) is 5.82. The van der Waals surface area contributed by atoms with Crippen LogP contribution in [0.15, 0.2) is 24.4 Å². The number of amides is 1. The van der Waals surface area contributed by atoms with Gasteiger partial charge in [0.15, 0.2) is 0 Å². The lowest BCUT2D eigenvalue weighted by Crippen LogP contribution is -2.22. The fraction of sp³-hybridized carbons (Fsp3) is 0.286. The Morgan fingerprint density at radius 1 is 1.43 bits per heavy atom. The molecule has 0 saturated carbocycles. The number of anilines is 1. The van der Waals surface area contributed by atoms with Crippen molar-refractivity contribution in [1.29, 1.82) is 0 Å². The normalized spacial score (nSPS) is 11.7. The van der Waals surface area contributed by atoms with Crippen molar-refractivity contribution in [2.45, 2.75) is 19.9 Å². The molecule has 7 heteroatoms. The molecular weight excluding hydrogens is 329 g/mol. The molecule has 1 amide bonds.